The van der Waals surface area contributed by atoms with Crippen molar-refractivity contribution in [3.05, 3.63) is 81.7 Å². The van der Waals surface area contributed by atoms with Crippen molar-refractivity contribution >= 4 is 17.5 Å². The molecule has 0 saturated heterocycles. The minimum Gasteiger partial charge on any atom is -0.289 e. The van der Waals surface area contributed by atoms with Gasteiger partial charge in [-0.25, -0.2) is 4.39 Å². The maximum absolute atomic E-state index is 12.7. The zero-order valence-electron chi connectivity index (χ0n) is 10.3. The standard InChI is InChI=1S/C15H10FNO3/c16-13-6-4-12(5-7-13)15(18)10-3-11-1-8-14(9-2-11)17(19)20/h1-10H. The Kier molecular flexibility index (Phi) is 4.00. The van der Waals surface area contributed by atoms with Gasteiger partial charge in [0.05, 0.1) is 4.92 Å². The average Bonchev–Trinajstić information content (AvgIpc) is 2.46. The number of hydrogen-bond donors (Lipinski definition) is 0. The molecule has 0 radical (unpaired) electrons. The van der Waals surface area contributed by atoms with Gasteiger partial charge in [0.25, 0.3) is 5.69 Å². The van der Waals surface area contributed by atoms with E-state index >= 15 is 0 Å². The van der Waals surface area contributed by atoms with Crippen LogP contribution >= 0.6 is 0 Å². The predicted molar refractivity (Wildman–Crippen MR) is 72.9 cm³/mol. The SMILES string of the molecule is O=C(C=Cc1ccc([N+](=O)[O-])cc1)c1ccc(F)cc1. The highest BCUT2D eigenvalue weighted by molar-refractivity contribution is 6.06. The molecule has 0 aromatic heterocycles. The number of carbonyl (C=O) groups is 1. The molecule has 100 valence electrons. The van der Waals surface area contributed by atoms with Gasteiger partial charge in [-0.2, -0.15) is 0 Å². The van der Waals surface area contributed by atoms with E-state index in [1.54, 1.807) is 18.2 Å². The number of benzene rings is 2. The van der Waals surface area contributed by atoms with E-state index in [9.17, 15) is 19.3 Å². The fourth-order valence-corrected chi connectivity index (χ4v) is 1.59. The van der Waals surface area contributed by atoms with Crippen LogP contribution in [0.25, 0.3) is 6.08 Å². The van der Waals surface area contributed by atoms with Crippen LogP contribution in [-0.4, -0.2) is 10.7 Å². The van der Waals surface area contributed by atoms with Gasteiger partial charge in [0.1, 0.15) is 5.82 Å². The zero-order chi connectivity index (χ0) is 14.5. The van der Waals surface area contributed by atoms with Crippen molar-refractivity contribution in [3.8, 4) is 0 Å². The summed E-state index contributed by atoms with van der Waals surface area (Å²) in [4.78, 5) is 21.8. The Bertz CT molecular complexity index is 661. The number of hydrogen-bond acceptors (Lipinski definition) is 3. The summed E-state index contributed by atoms with van der Waals surface area (Å²) in [5.74, 6) is -0.663. The first kappa shape index (κ1) is 13.6. The zero-order valence-corrected chi connectivity index (χ0v) is 10.3. The molecular formula is C15H10FNO3. The summed E-state index contributed by atoms with van der Waals surface area (Å²) in [6, 6.07) is 11.1. The Labute approximate surface area is 114 Å². The van der Waals surface area contributed by atoms with Gasteiger partial charge in [-0.1, -0.05) is 6.08 Å². The van der Waals surface area contributed by atoms with E-state index in [1.165, 1.54) is 42.5 Å². The first-order valence-corrected chi connectivity index (χ1v) is 5.79. The quantitative estimate of drug-likeness (QED) is 0.369. The highest BCUT2D eigenvalue weighted by Gasteiger charge is 2.04. The normalized spacial score (nSPS) is 10.7. The smallest absolute Gasteiger partial charge is 0.269 e. The molecule has 0 spiro atoms. The molecule has 2 rings (SSSR count). The number of nitro groups is 1. The van der Waals surface area contributed by atoms with Crippen LogP contribution in [-0.2, 0) is 0 Å². The van der Waals surface area contributed by atoms with E-state index in [-0.39, 0.29) is 11.5 Å². The molecule has 0 saturated carbocycles. The molecule has 0 aliphatic carbocycles. The molecule has 4 nitrogen and oxygen atoms in total. The van der Waals surface area contributed by atoms with E-state index in [2.05, 4.69) is 0 Å². The largest absolute Gasteiger partial charge is 0.289 e. The highest BCUT2D eigenvalue weighted by Crippen LogP contribution is 2.13. The molecule has 0 heterocycles. The number of rotatable bonds is 4. The third-order valence-corrected chi connectivity index (χ3v) is 2.66. The van der Waals surface area contributed by atoms with E-state index in [0.717, 1.165) is 0 Å². The van der Waals surface area contributed by atoms with Gasteiger partial charge in [-0.3, -0.25) is 14.9 Å². The van der Waals surface area contributed by atoms with Crippen LogP contribution < -0.4 is 0 Å². The van der Waals surface area contributed by atoms with Crippen LogP contribution in [0.4, 0.5) is 10.1 Å². The summed E-state index contributed by atoms with van der Waals surface area (Å²) in [7, 11) is 0. The van der Waals surface area contributed by atoms with Gasteiger partial charge in [0.15, 0.2) is 5.78 Å². The predicted octanol–water partition coefficient (Wildman–Crippen LogP) is 3.63. The van der Waals surface area contributed by atoms with Gasteiger partial charge in [-0.05, 0) is 48.0 Å². The van der Waals surface area contributed by atoms with Crippen molar-refractivity contribution in [2.45, 2.75) is 0 Å². The van der Waals surface area contributed by atoms with Crippen LogP contribution in [0.2, 0.25) is 0 Å². The molecule has 0 amide bonds. The number of nitro benzene ring substituents is 1. The Balaban J connectivity index is 2.10. The molecule has 0 atom stereocenters. The summed E-state index contributed by atoms with van der Waals surface area (Å²) in [5, 5.41) is 10.5. The van der Waals surface area contributed by atoms with E-state index in [4.69, 9.17) is 0 Å². The van der Waals surface area contributed by atoms with Gasteiger partial charge >= 0.3 is 0 Å². The molecule has 2 aromatic carbocycles. The molecule has 2 aromatic rings. The highest BCUT2D eigenvalue weighted by atomic mass is 19.1. The fourth-order valence-electron chi connectivity index (χ4n) is 1.59. The van der Waals surface area contributed by atoms with Crippen molar-refractivity contribution in [3.63, 3.8) is 0 Å². The van der Waals surface area contributed by atoms with Crippen LogP contribution in [0, 0.1) is 15.9 Å². The Morgan fingerprint density at radius 3 is 2.20 bits per heavy atom. The molecule has 0 aliphatic rings. The molecule has 0 aliphatic heterocycles. The Morgan fingerprint density at radius 2 is 1.65 bits per heavy atom. The summed E-state index contributed by atoms with van der Waals surface area (Å²) < 4.78 is 12.7. The molecule has 0 N–H and O–H groups in total. The summed E-state index contributed by atoms with van der Waals surface area (Å²) in [5.41, 5.74) is 1.04. The van der Waals surface area contributed by atoms with Crippen LogP contribution in [0.1, 0.15) is 15.9 Å². The lowest BCUT2D eigenvalue weighted by Gasteiger charge is -1.96. The summed E-state index contributed by atoms with van der Waals surface area (Å²) >= 11 is 0. The monoisotopic (exact) mass is 271 g/mol. The van der Waals surface area contributed by atoms with Crippen molar-refractivity contribution < 1.29 is 14.1 Å². The van der Waals surface area contributed by atoms with E-state index < -0.39 is 10.7 Å². The second-order valence-corrected chi connectivity index (χ2v) is 4.05. The van der Waals surface area contributed by atoms with Crippen molar-refractivity contribution in [2.75, 3.05) is 0 Å². The molecular weight excluding hydrogens is 261 g/mol. The number of nitrogens with zero attached hydrogens (tertiary/aromatic N) is 1. The molecule has 5 heteroatoms. The minimum absolute atomic E-state index is 0.00740. The third-order valence-electron chi connectivity index (χ3n) is 2.66. The van der Waals surface area contributed by atoms with Crippen LogP contribution in [0.3, 0.4) is 0 Å². The van der Waals surface area contributed by atoms with E-state index in [0.29, 0.717) is 11.1 Å². The summed E-state index contributed by atoms with van der Waals surface area (Å²) in [6.07, 6.45) is 2.89. The number of allylic oxidation sites excluding steroid dienone is 1. The molecule has 20 heavy (non-hydrogen) atoms. The Morgan fingerprint density at radius 1 is 1.05 bits per heavy atom. The van der Waals surface area contributed by atoms with Crippen molar-refractivity contribution in [1.82, 2.24) is 0 Å². The second kappa shape index (κ2) is 5.88. The third kappa shape index (κ3) is 3.35. The molecule has 0 bridgehead atoms. The minimum atomic E-state index is -0.489. The van der Waals surface area contributed by atoms with Gasteiger partial charge in [-0.15, -0.1) is 0 Å². The fraction of sp³-hybridized carbons (Fsp3) is 0. The second-order valence-electron chi connectivity index (χ2n) is 4.05. The first-order chi connectivity index (χ1) is 9.56. The van der Waals surface area contributed by atoms with Crippen molar-refractivity contribution in [1.29, 1.82) is 0 Å². The van der Waals surface area contributed by atoms with Crippen LogP contribution in [0.15, 0.2) is 54.6 Å². The summed E-state index contributed by atoms with van der Waals surface area (Å²) in [6.45, 7) is 0. The Hall–Kier alpha value is -2.82. The van der Waals surface area contributed by atoms with Crippen molar-refractivity contribution in [2.24, 2.45) is 0 Å². The van der Waals surface area contributed by atoms with Gasteiger partial charge in [0.2, 0.25) is 0 Å². The molecule has 0 fully saturated rings. The number of ketones is 1. The number of non-ortho nitro benzene ring substituents is 1. The maximum atomic E-state index is 12.7. The molecule has 0 unspecified atom stereocenters. The maximum Gasteiger partial charge on any atom is 0.269 e. The average molecular weight is 271 g/mol. The lowest BCUT2D eigenvalue weighted by Crippen LogP contribution is -1.93. The lowest BCUT2D eigenvalue weighted by molar-refractivity contribution is -0.384. The first-order valence-electron chi connectivity index (χ1n) is 5.79. The van der Waals surface area contributed by atoms with Crippen LogP contribution in [0.5, 0.6) is 0 Å². The van der Waals surface area contributed by atoms with Gasteiger partial charge < -0.3 is 0 Å². The van der Waals surface area contributed by atoms with Gasteiger partial charge in [0, 0.05) is 17.7 Å². The van der Waals surface area contributed by atoms with E-state index in [1.807, 2.05) is 0 Å². The topological polar surface area (TPSA) is 60.2 Å². The number of halogens is 1. The lowest BCUT2D eigenvalue weighted by atomic mass is 10.1. The number of carbonyl (C=O) groups excluding carboxylic acids is 1.